The monoisotopic (exact) mass is 542 g/mol. The average molecular weight is 543 g/mol. The zero-order valence-electron chi connectivity index (χ0n) is 22.2. The predicted octanol–water partition coefficient (Wildman–Crippen LogP) is 5.66. The molecule has 5 nitrogen and oxygen atoms in total. The molecule has 204 valence electrons. The second-order valence-electron chi connectivity index (χ2n) is 12.5. The zero-order chi connectivity index (χ0) is 27.3. The van der Waals surface area contributed by atoms with Gasteiger partial charge in [-0.2, -0.15) is 5.10 Å². The highest BCUT2D eigenvalue weighted by molar-refractivity contribution is 7.96. The Morgan fingerprint density at radius 1 is 1.18 bits per heavy atom. The van der Waals surface area contributed by atoms with E-state index in [2.05, 4.69) is 37.7 Å². The van der Waals surface area contributed by atoms with Gasteiger partial charge in [-0.3, -0.25) is 4.79 Å². The van der Waals surface area contributed by atoms with E-state index in [-0.39, 0.29) is 22.7 Å². The summed E-state index contributed by atoms with van der Waals surface area (Å²) in [6.45, 7) is 6.46. The Hall–Kier alpha value is -2.03. The molecule has 0 unspecified atom stereocenters. The van der Waals surface area contributed by atoms with Gasteiger partial charge in [0, 0.05) is 17.4 Å². The van der Waals surface area contributed by atoms with Crippen LogP contribution in [0.15, 0.2) is 30.0 Å². The molecule has 8 heteroatoms. The molecule has 3 fully saturated rings. The number of hydrogen-bond acceptors (Lipinski definition) is 4. The summed E-state index contributed by atoms with van der Waals surface area (Å²) in [6.07, 6.45) is 8.52. The molecule has 6 rings (SSSR count). The van der Waals surface area contributed by atoms with E-state index in [9.17, 15) is 23.8 Å². The van der Waals surface area contributed by atoms with Crippen molar-refractivity contribution in [2.45, 2.75) is 83.8 Å². The molecule has 0 aliphatic heterocycles. The van der Waals surface area contributed by atoms with Gasteiger partial charge in [-0.05, 0) is 91.9 Å². The van der Waals surface area contributed by atoms with Crippen LogP contribution in [-0.2, 0) is 11.2 Å². The number of aliphatic hydroxyl groups excluding tert-OH is 1. The molecule has 1 heterocycles. The second-order valence-corrected chi connectivity index (χ2v) is 12.9. The maximum Gasteiger partial charge on any atom is 0.218 e. The van der Waals surface area contributed by atoms with Gasteiger partial charge in [0.05, 0.1) is 23.7 Å². The summed E-state index contributed by atoms with van der Waals surface area (Å²) in [7, 11) is 0. The minimum Gasteiger partial charge on any atom is -0.393 e. The predicted molar refractivity (Wildman–Crippen MR) is 144 cm³/mol. The van der Waals surface area contributed by atoms with Crippen molar-refractivity contribution in [2.24, 2.45) is 28.1 Å². The quantitative estimate of drug-likeness (QED) is 0.436. The van der Waals surface area contributed by atoms with Gasteiger partial charge < -0.3 is 10.2 Å². The first kappa shape index (κ1) is 26.2. The normalized spacial score (nSPS) is 39.6. The van der Waals surface area contributed by atoms with Crippen LogP contribution in [0.5, 0.6) is 0 Å². The van der Waals surface area contributed by atoms with Crippen molar-refractivity contribution in [1.29, 1.82) is 0 Å². The molecule has 0 bridgehead atoms. The van der Waals surface area contributed by atoms with Crippen molar-refractivity contribution < 1.29 is 23.8 Å². The highest BCUT2D eigenvalue weighted by Gasteiger charge is 2.73. The minimum atomic E-state index is -1.53. The van der Waals surface area contributed by atoms with Crippen molar-refractivity contribution in [3.63, 3.8) is 0 Å². The first-order chi connectivity index (χ1) is 18.0. The standard InChI is InChI=1S/C30H36F2N2O3S/c1-4-28-8-6-18-10-22-17(16-33-34(22)21-12-19(31)11-20(32)13-21)14-27(18,3)25(28)23(35)15-29(5-2)24(28)7-9-30(29,37)26(36)38/h10-13,16,23-25,35,37H,4-9,14-15H2,1-3H3,(H,36,38)/t23-,24-,25+,27-,28-,29-,30-/m0/s1. The zero-order valence-corrected chi connectivity index (χ0v) is 23.1. The Morgan fingerprint density at radius 3 is 2.53 bits per heavy atom. The molecule has 0 saturated heterocycles. The van der Waals surface area contributed by atoms with Crippen molar-refractivity contribution in [2.75, 3.05) is 0 Å². The maximum atomic E-state index is 14.0. The van der Waals surface area contributed by atoms with Gasteiger partial charge in [0.15, 0.2) is 0 Å². The lowest BCUT2D eigenvalue weighted by Crippen LogP contribution is -2.66. The van der Waals surface area contributed by atoms with E-state index in [1.165, 1.54) is 17.7 Å². The molecular weight excluding hydrogens is 506 g/mol. The Bertz CT molecular complexity index is 1340. The fourth-order valence-electron chi connectivity index (χ4n) is 9.86. The summed E-state index contributed by atoms with van der Waals surface area (Å²) >= 11 is 4.14. The topological polar surface area (TPSA) is 75.3 Å². The van der Waals surface area contributed by atoms with Crippen LogP contribution in [0.4, 0.5) is 8.78 Å². The van der Waals surface area contributed by atoms with E-state index >= 15 is 0 Å². The SMILES string of the molecule is CC[C@@]12CCC3=Cc4c(cnn4-c4cc(F)cc(F)c4)C[C@]3(C)[C@H]1[C@@H](O)C[C@@]1(CC)[C@H]2CC[C@]1(O)C(=O)S. The van der Waals surface area contributed by atoms with Gasteiger partial charge in [0.2, 0.25) is 5.12 Å². The number of aromatic nitrogens is 2. The van der Waals surface area contributed by atoms with E-state index in [1.54, 1.807) is 10.9 Å². The minimum absolute atomic E-state index is 0.0508. The van der Waals surface area contributed by atoms with Crippen LogP contribution in [0.2, 0.25) is 0 Å². The summed E-state index contributed by atoms with van der Waals surface area (Å²) < 4.78 is 29.6. The molecule has 4 aliphatic carbocycles. The Balaban J connectivity index is 1.45. The van der Waals surface area contributed by atoms with Crippen LogP contribution in [0.25, 0.3) is 11.8 Å². The Kier molecular flexibility index (Phi) is 5.85. The van der Waals surface area contributed by atoms with Gasteiger partial charge in [-0.15, -0.1) is 12.6 Å². The van der Waals surface area contributed by atoms with Crippen LogP contribution in [0.1, 0.15) is 77.0 Å². The van der Waals surface area contributed by atoms with Crippen LogP contribution < -0.4 is 0 Å². The van der Waals surface area contributed by atoms with E-state index < -0.39 is 33.9 Å². The van der Waals surface area contributed by atoms with Crippen molar-refractivity contribution in [3.05, 3.63) is 52.9 Å². The summed E-state index contributed by atoms with van der Waals surface area (Å²) in [5, 5.41) is 27.7. The highest BCUT2D eigenvalue weighted by Crippen LogP contribution is 2.74. The number of nitrogens with zero attached hydrogens (tertiary/aromatic N) is 2. The van der Waals surface area contributed by atoms with E-state index in [1.807, 2.05) is 6.92 Å². The van der Waals surface area contributed by atoms with E-state index in [0.717, 1.165) is 43.0 Å². The lowest BCUT2D eigenvalue weighted by Gasteiger charge is -2.67. The number of hydrogen-bond donors (Lipinski definition) is 3. The molecule has 4 aliphatic rings. The van der Waals surface area contributed by atoms with Gasteiger partial charge in [0.25, 0.3) is 0 Å². The highest BCUT2D eigenvalue weighted by atomic mass is 32.1. The van der Waals surface area contributed by atoms with Crippen LogP contribution in [0.3, 0.4) is 0 Å². The molecule has 0 spiro atoms. The number of rotatable bonds is 4. The van der Waals surface area contributed by atoms with Crippen LogP contribution in [-0.4, -0.2) is 36.8 Å². The van der Waals surface area contributed by atoms with E-state index in [4.69, 9.17) is 0 Å². The molecule has 7 atom stereocenters. The smallest absolute Gasteiger partial charge is 0.218 e. The third kappa shape index (κ3) is 3.17. The van der Waals surface area contributed by atoms with Crippen molar-refractivity contribution >= 4 is 23.8 Å². The lowest BCUT2D eigenvalue weighted by molar-refractivity contribution is -0.215. The fraction of sp³-hybridized carbons (Fsp3) is 0.600. The number of fused-ring (bicyclic) bond motifs is 6. The summed E-state index contributed by atoms with van der Waals surface area (Å²) in [6, 6.07) is 3.42. The second kappa shape index (κ2) is 8.48. The summed E-state index contributed by atoms with van der Waals surface area (Å²) in [5.74, 6) is -1.24. The van der Waals surface area contributed by atoms with E-state index in [0.29, 0.717) is 31.4 Å². The molecule has 0 amide bonds. The molecule has 2 N–H and O–H groups in total. The number of aliphatic hydroxyl groups is 2. The largest absolute Gasteiger partial charge is 0.393 e. The van der Waals surface area contributed by atoms with Crippen molar-refractivity contribution in [3.8, 4) is 5.69 Å². The van der Waals surface area contributed by atoms with Gasteiger partial charge >= 0.3 is 0 Å². The molecule has 3 saturated carbocycles. The third-order valence-corrected chi connectivity index (χ3v) is 11.7. The molecular formula is C30H36F2N2O3S. The summed E-state index contributed by atoms with van der Waals surface area (Å²) in [4.78, 5) is 12.7. The molecule has 38 heavy (non-hydrogen) atoms. The molecule has 0 radical (unpaired) electrons. The number of allylic oxidation sites excluding steroid dienone is 1. The number of thiol groups is 1. The van der Waals surface area contributed by atoms with Crippen molar-refractivity contribution in [1.82, 2.24) is 9.78 Å². The number of carbonyl (C=O) groups is 1. The molecule has 1 aromatic heterocycles. The van der Waals surface area contributed by atoms with Gasteiger partial charge in [-0.25, -0.2) is 13.5 Å². The number of carbonyl (C=O) groups excluding carboxylic acids is 1. The first-order valence-corrected chi connectivity index (χ1v) is 14.3. The maximum absolute atomic E-state index is 14.0. The third-order valence-electron chi connectivity index (χ3n) is 11.3. The number of benzene rings is 1. The molecule has 2 aromatic rings. The first-order valence-electron chi connectivity index (χ1n) is 13.8. The van der Waals surface area contributed by atoms with Gasteiger partial charge in [0.1, 0.15) is 17.2 Å². The van der Waals surface area contributed by atoms with Gasteiger partial charge in [-0.1, -0.05) is 26.3 Å². The van der Waals surface area contributed by atoms with Crippen LogP contribution in [0, 0.1) is 39.7 Å². The Labute approximate surface area is 227 Å². The molecule has 1 aromatic carbocycles. The average Bonchev–Trinajstić information content (AvgIpc) is 3.40. The lowest BCUT2D eigenvalue weighted by atomic mass is 9.38. The summed E-state index contributed by atoms with van der Waals surface area (Å²) in [5.41, 5.74) is 0.592. The van der Waals surface area contributed by atoms with Crippen LogP contribution >= 0.6 is 12.6 Å². The number of halogens is 2. The fourth-order valence-corrected chi connectivity index (χ4v) is 10.2. The Morgan fingerprint density at radius 2 is 1.89 bits per heavy atom.